The van der Waals surface area contributed by atoms with Crippen molar-refractivity contribution in [3.63, 3.8) is 0 Å². The van der Waals surface area contributed by atoms with E-state index in [-0.39, 0.29) is 11.2 Å². The average molecular weight is 319 g/mol. The van der Waals surface area contributed by atoms with Crippen LogP contribution in [0.4, 0.5) is 0 Å². The number of ether oxygens (including phenoxy) is 2. The van der Waals surface area contributed by atoms with E-state index >= 15 is 0 Å². The van der Waals surface area contributed by atoms with E-state index in [1.807, 2.05) is 5.57 Å². The fraction of sp³-hybridized carbons (Fsp3) is 0.905. The quantitative estimate of drug-likeness (QED) is 0.597. The van der Waals surface area contributed by atoms with Crippen molar-refractivity contribution in [3.05, 3.63) is 11.6 Å². The van der Waals surface area contributed by atoms with Crippen molar-refractivity contribution in [3.8, 4) is 0 Å². The third kappa shape index (κ3) is 1.94. The lowest BCUT2D eigenvalue weighted by Crippen LogP contribution is -2.61. The molecule has 3 aliphatic carbocycles. The van der Waals surface area contributed by atoms with Crippen molar-refractivity contribution >= 4 is 0 Å². The van der Waals surface area contributed by atoms with E-state index < -0.39 is 0 Å². The topological polar surface area (TPSA) is 18.5 Å². The summed E-state index contributed by atoms with van der Waals surface area (Å²) in [6.07, 6.45) is 13.0. The van der Waals surface area contributed by atoms with Crippen molar-refractivity contribution in [1.29, 1.82) is 0 Å². The summed E-state index contributed by atoms with van der Waals surface area (Å²) in [6.45, 7) is 11.4. The fourth-order valence-electron chi connectivity index (χ4n) is 7.06. The molecule has 4 rings (SSSR count). The van der Waals surface area contributed by atoms with Crippen LogP contribution in [0.25, 0.3) is 0 Å². The standard InChI is InChI=1S/C21H34O2/c1-5-20-10-7-6-8-17(20)19(4)12-13-21(22-14-15-23-21)18(2,3)16(19)9-11-20/h8,16H,5-7,9-15H2,1-4H3/t16-,19-,20+/m0/s1. The van der Waals surface area contributed by atoms with Crippen molar-refractivity contribution in [2.45, 2.75) is 84.8 Å². The predicted molar refractivity (Wildman–Crippen MR) is 93.1 cm³/mol. The molecule has 0 aromatic heterocycles. The second-order valence-electron chi connectivity index (χ2n) is 9.32. The Morgan fingerprint density at radius 3 is 2.48 bits per heavy atom. The van der Waals surface area contributed by atoms with Gasteiger partial charge in [0.05, 0.1) is 13.2 Å². The number of fused-ring (bicyclic) bond motifs is 3. The summed E-state index contributed by atoms with van der Waals surface area (Å²) in [4.78, 5) is 0. The Hall–Kier alpha value is -0.340. The molecule has 0 bridgehead atoms. The van der Waals surface area contributed by atoms with E-state index in [1.165, 1.54) is 44.9 Å². The predicted octanol–water partition coefficient (Wildman–Crippen LogP) is 5.47. The van der Waals surface area contributed by atoms with E-state index in [0.29, 0.717) is 16.7 Å². The molecule has 23 heavy (non-hydrogen) atoms. The molecule has 1 aliphatic heterocycles. The molecule has 0 amide bonds. The number of hydrogen-bond donors (Lipinski definition) is 0. The zero-order chi connectivity index (χ0) is 16.3. The van der Waals surface area contributed by atoms with Crippen LogP contribution in [0.1, 0.15) is 79.1 Å². The van der Waals surface area contributed by atoms with Crippen LogP contribution in [0.5, 0.6) is 0 Å². The van der Waals surface area contributed by atoms with Crippen LogP contribution >= 0.6 is 0 Å². The molecule has 1 spiro atoms. The average Bonchev–Trinajstić information content (AvgIpc) is 3.03. The van der Waals surface area contributed by atoms with Gasteiger partial charge in [-0.3, -0.25) is 0 Å². The molecule has 1 heterocycles. The lowest BCUT2D eigenvalue weighted by Gasteiger charge is -2.64. The fourth-order valence-corrected chi connectivity index (χ4v) is 7.06. The van der Waals surface area contributed by atoms with Crippen molar-refractivity contribution in [2.75, 3.05) is 13.2 Å². The van der Waals surface area contributed by atoms with Gasteiger partial charge in [0.2, 0.25) is 0 Å². The molecular weight excluding hydrogens is 284 g/mol. The first-order valence-corrected chi connectivity index (χ1v) is 9.89. The van der Waals surface area contributed by atoms with Crippen molar-refractivity contribution in [2.24, 2.45) is 22.2 Å². The second kappa shape index (κ2) is 5.08. The third-order valence-electron chi connectivity index (χ3n) is 8.33. The highest BCUT2D eigenvalue weighted by atomic mass is 16.7. The molecule has 0 radical (unpaired) electrons. The summed E-state index contributed by atoms with van der Waals surface area (Å²) in [6, 6.07) is 0. The highest BCUT2D eigenvalue weighted by Gasteiger charge is 2.65. The van der Waals surface area contributed by atoms with Gasteiger partial charge in [-0.05, 0) is 61.7 Å². The molecule has 0 aromatic rings. The van der Waals surface area contributed by atoms with Gasteiger partial charge in [0.15, 0.2) is 5.79 Å². The van der Waals surface area contributed by atoms with Crippen molar-refractivity contribution in [1.82, 2.24) is 0 Å². The Morgan fingerprint density at radius 1 is 1.04 bits per heavy atom. The summed E-state index contributed by atoms with van der Waals surface area (Å²) < 4.78 is 12.5. The first-order valence-electron chi connectivity index (χ1n) is 9.89. The van der Waals surface area contributed by atoms with E-state index in [0.717, 1.165) is 19.6 Å². The minimum absolute atomic E-state index is 0.0920. The zero-order valence-electron chi connectivity index (χ0n) is 15.5. The van der Waals surface area contributed by atoms with Crippen LogP contribution in [-0.4, -0.2) is 19.0 Å². The summed E-state index contributed by atoms with van der Waals surface area (Å²) >= 11 is 0. The van der Waals surface area contributed by atoms with Gasteiger partial charge in [-0.1, -0.05) is 39.3 Å². The van der Waals surface area contributed by atoms with E-state index in [2.05, 4.69) is 33.8 Å². The lowest BCUT2D eigenvalue weighted by molar-refractivity contribution is -0.285. The Kier molecular flexibility index (Phi) is 3.57. The van der Waals surface area contributed by atoms with Gasteiger partial charge >= 0.3 is 0 Å². The Labute approximate surface area is 142 Å². The number of hydrogen-bond acceptors (Lipinski definition) is 2. The van der Waals surface area contributed by atoms with E-state index in [1.54, 1.807) is 0 Å². The maximum Gasteiger partial charge on any atom is 0.173 e. The normalized spacial score (nSPS) is 44.5. The molecule has 2 heteroatoms. The van der Waals surface area contributed by atoms with Crippen LogP contribution in [0.2, 0.25) is 0 Å². The zero-order valence-corrected chi connectivity index (χ0v) is 15.5. The largest absolute Gasteiger partial charge is 0.347 e. The minimum atomic E-state index is -0.321. The van der Waals surface area contributed by atoms with Gasteiger partial charge in [-0.2, -0.15) is 0 Å². The summed E-state index contributed by atoms with van der Waals surface area (Å²) in [5, 5.41) is 0. The molecule has 1 saturated heterocycles. The molecule has 0 aromatic carbocycles. The summed E-state index contributed by atoms with van der Waals surface area (Å²) in [7, 11) is 0. The van der Waals surface area contributed by atoms with Crippen molar-refractivity contribution < 1.29 is 9.47 Å². The molecule has 0 N–H and O–H groups in total. The Bertz CT molecular complexity index is 514. The van der Waals surface area contributed by atoms with Gasteiger partial charge in [0.25, 0.3) is 0 Å². The number of rotatable bonds is 1. The molecule has 3 atom stereocenters. The molecule has 130 valence electrons. The van der Waals surface area contributed by atoms with E-state index in [4.69, 9.17) is 9.47 Å². The van der Waals surface area contributed by atoms with Crippen LogP contribution in [-0.2, 0) is 9.47 Å². The molecule has 4 aliphatic rings. The van der Waals surface area contributed by atoms with Crippen LogP contribution < -0.4 is 0 Å². The summed E-state index contributed by atoms with van der Waals surface area (Å²) in [5.74, 6) is 0.351. The Balaban J connectivity index is 1.76. The summed E-state index contributed by atoms with van der Waals surface area (Å²) in [5.41, 5.74) is 2.76. The molecule has 2 nitrogen and oxygen atoms in total. The SMILES string of the molecule is CC[C@]12CCCC=C1[C@@]1(C)CCC3(OCCO3)C(C)(C)[C@@H]1CC2. The maximum absolute atomic E-state index is 6.24. The highest BCUT2D eigenvalue weighted by Crippen LogP contribution is 2.69. The smallest absolute Gasteiger partial charge is 0.173 e. The minimum Gasteiger partial charge on any atom is -0.347 e. The van der Waals surface area contributed by atoms with Crippen LogP contribution in [0.15, 0.2) is 11.6 Å². The first kappa shape index (κ1) is 16.1. The molecule has 2 saturated carbocycles. The number of allylic oxidation sites excluding steroid dienone is 2. The van der Waals surface area contributed by atoms with Gasteiger partial charge in [-0.15, -0.1) is 0 Å². The highest BCUT2D eigenvalue weighted by molar-refractivity contribution is 5.31. The maximum atomic E-state index is 6.24. The molecule has 0 unspecified atom stereocenters. The lowest BCUT2D eigenvalue weighted by atomic mass is 9.42. The second-order valence-corrected chi connectivity index (χ2v) is 9.32. The first-order chi connectivity index (χ1) is 10.9. The van der Waals surface area contributed by atoms with Gasteiger partial charge in [0, 0.05) is 11.8 Å². The Morgan fingerprint density at radius 2 is 1.78 bits per heavy atom. The molecule has 3 fully saturated rings. The third-order valence-corrected chi connectivity index (χ3v) is 8.33. The van der Waals surface area contributed by atoms with Gasteiger partial charge < -0.3 is 9.47 Å². The van der Waals surface area contributed by atoms with E-state index in [9.17, 15) is 0 Å². The van der Waals surface area contributed by atoms with Gasteiger partial charge in [-0.25, -0.2) is 0 Å². The monoisotopic (exact) mass is 318 g/mol. The van der Waals surface area contributed by atoms with Gasteiger partial charge in [0.1, 0.15) is 0 Å². The molecular formula is C21H34O2. The van der Waals surface area contributed by atoms with Crippen LogP contribution in [0, 0.1) is 22.2 Å². The van der Waals surface area contributed by atoms with Crippen LogP contribution in [0.3, 0.4) is 0 Å².